The summed E-state index contributed by atoms with van der Waals surface area (Å²) in [6.07, 6.45) is 31.1. The quantitative estimate of drug-likeness (QED) is 0.0117. The molecule has 0 bridgehead atoms. The highest BCUT2D eigenvalue weighted by molar-refractivity contribution is 7.60. The number of unbranched alkanes of at least 4 members (excludes halogenated alkanes) is 50. The van der Waals surface area contributed by atoms with E-state index >= 15 is 4.79 Å². The second-order valence-corrected chi connectivity index (χ2v) is 40.0. The Balaban J connectivity index is 2.89. The highest BCUT2D eigenvalue weighted by Crippen LogP contribution is 2.59. The van der Waals surface area contributed by atoms with Crippen molar-refractivity contribution >= 4 is 59.2 Å². The average molecular weight is 1880 g/mol. The third kappa shape index (κ3) is 63.7. The summed E-state index contributed by atoms with van der Waals surface area (Å²) in [5.74, 6) is -5.39. The first-order chi connectivity index (χ1) is 61.0. The number of aliphatic hydroxyl groups is 4. The zero-order valence-corrected chi connectivity index (χ0v) is 82.0. The number of carbonyl (C=O) groups excluding carboxylic acids is 6. The number of hydrogen-bond donors (Lipinski definition) is 11. The smallest absolute Gasteiger partial charge is 0.462 e. The molecule has 33 heteroatoms. The van der Waals surface area contributed by atoms with Crippen molar-refractivity contribution in [1.29, 1.82) is 0 Å². The van der Waals surface area contributed by atoms with Crippen LogP contribution in [0, 0.1) is 0 Å². The standard InChI is InChI=1S/C94H179N2O28P3/c1-7-13-19-25-31-36-38-43-49-55-61-67-83(102)116-77(65-59-53-47-41-34-28-22-16-10-4)71-81(100)95-87-91(120-85(104)69-75(98)63-57-51-45-30-24-18-12-6)89(106)80(119-94(87)123-127(113,114)124-126(110,111)112)74-115-93-88(92(90(79(73-97)118-93)122-125(107,108)109)121-86(105)70-76(99)64-58-52-46-40-33-27-21-15-9-3)96-82(101)72-78(66-60-54-48-42-35-29-23-17-11-5)117-84(103)68-62-56-50-44-39-37-32-26-20-14-8-2/h75-80,87-94,97-99,106H,7-74H2,1-6H3,(H,95,100)(H,96,101)(H,113,114)(H2,107,108,109)(H2,110,111,112)/t75-,76-,77-,78-,79?,80?,87?,88?,89-,90-,91-,92-,93-,94-/m1/s1. The first-order valence-corrected chi connectivity index (χ1v) is 55.0. The summed E-state index contributed by atoms with van der Waals surface area (Å²) in [5, 5.41) is 51.8. The molecule has 2 fully saturated rings. The van der Waals surface area contributed by atoms with Gasteiger partial charge in [0.25, 0.3) is 0 Å². The molecule has 5 unspecified atom stereocenters. The van der Waals surface area contributed by atoms with Crippen LogP contribution in [0.25, 0.3) is 0 Å². The fourth-order valence-corrected chi connectivity index (χ4v) is 19.0. The molecule has 0 saturated carbocycles. The zero-order chi connectivity index (χ0) is 93.6. The molecule has 2 heterocycles. The van der Waals surface area contributed by atoms with E-state index in [2.05, 4.69) is 56.5 Å². The van der Waals surface area contributed by atoms with Gasteiger partial charge in [-0.25, -0.2) is 13.7 Å². The molecule has 0 aliphatic carbocycles. The first kappa shape index (κ1) is 120. The maximum Gasteiger partial charge on any atom is 0.483 e. The first-order valence-electron chi connectivity index (χ1n) is 50.5. The summed E-state index contributed by atoms with van der Waals surface area (Å²) >= 11 is 0. The van der Waals surface area contributed by atoms with Crippen molar-refractivity contribution in [2.24, 2.45) is 0 Å². The second-order valence-electron chi connectivity index (χ2n) is 36.1. The van der Waals surface area contributed by atoms with Crippen molar-refractivity contribution in [2.45, 2.75) is 551 Å². The number of hydrogen-bond acceptors (Lipinski definition) is 23. The minimum absolute atomic E-state index is 0.0521. The molecule has 15 atom stereocenters. The van der Waals surface area contributed by atoms with Crippen molar-refractivity contribution in [1.82, 2.24) is 10.6 Å². The summed E-state index contributed by atoms with van der Waals surface area (Å²) in [7, 11) is -17.8. The molecule has 0 aromatic rings. The van der Waals surface area contributed by atoms with Crippen LogP contribution in [0.3, 0.4) is 0 Å². The molecule has 2 saturated heterocycles. The van der Waals surface area contributed by atoms with Crippen LogP contribution in [0.1, 0.15) is 465 Å². The lowest BCUT2D eigenvalue weighted by atomic mass is 9.95. The largest absolute Gasteiger partial charge is 0.483 e. The molecule has 127 heavy (non-hydrogen) atoms. The molecule has 0 spiro atoms. The topological polar surface area (TPSA) is 452 Å². The van der Waals surface area contributed by atoms with E-state index in [4.69, 9.17) is 42.2 Å². The molecule has 0 aromatic carbocycles. The number of rotatable bonds is 86. The molecular formula is C94H179N2O28P3. The van der Waals surface area contributed by atoms with Gasteiger partial charge in [-0.05, 0) is 51.4 Å². The highest BCUT2D eigenvalue weighted by atomic mass is 31.3. The minimum atomic E-state index is -6.12. The summed E-state index contributed by atoms with van der Waals surface area (Å²) < 4.78 is 97.3. The van der Waals surface area contributed by atoms with Crippen LogP contribution in [0.2, 0.25) is 0 Å². The number of nitrogens with one attached hydrogen (secondary N) is 2. The van der Waals surface area contributed by atoms with Crippen molar-refractivity contribution in [2.75, 3.05) is 13.2 Å². The minimum Gasteiger partial charge on any atom is -0.462 e. The van der Waals surface area contributed by atoms with Gasteiger partial charge in [0, 0.05) is 12.8 Å². The van der Waals surface area contributed by atoms with Crippen LogP contribution in [0.15, 0.2) is 0 Å². The average Bonchev–Trinajstić information content (AvgIpc) is 0.775. The highest BCUT2D eigenvalue weighted by Gasteiger charge is 2.55. The molecule has 30 nitrogen and oxygen atoms in total. The van der Waals surface area contributed by atoms with E-state index in [1.807, 2.05) is 0 Å². The monoisotopic (exact) mass is 1880 g/mol. The summed E-state index contributed by atoms with van der Waals surface area (Å²) in [4.78, 5) is 139. The van der Waals surface area contributed by atoms with E-state index < -0.39 is 184 Å². The normalized spacial score (nSPS) is 20.6. The number of ether oxygens (including phenoxy) is 7. The number of aliphatic hydroxyl groups excluding tert-OH is 4. The predicted octanol–water partition coefficient (Wildman–Crippen LogP) is 20.7. The van der Waals surface area contributed by atoms with Gasteiger partial charge >= 0.3 is 47.3 Å². The van der Waals surface area contributed by atoms with Crippen LogP contribution in [-0.2, 0) is 89.0 Å². The van der Waals surface area contributed by atoms with Crippen LogP contribution in [0.4, 0.5) is 0 Å². The van der Waals surface area contributed by atoms with Crippen LogP contribution < -0.4 is 10.6 Å². The van der Waals surface area contributed by atoms with Gasteiger partial charge in [0.1, 0.15) is 48.7 Å². The fraction of sp³-hybridized carbons (Fsp3) is 0.936. The van der Waals surface area contributed by atoms with Crippen molar-refractivity contribution < 1.29 is 134 Å². The second kappa shape index (κ2) is 76.1. The zero-order valence-electron chi connectivity index (χ0n) is 79.3. The Bertz CT molecular complexity index is 2920. The molecule has 2 rings (SSSR count). The van der Waals surface area contributed by atoms with Crippen molar-refractivity contribution in [3.05, 3.63) is 0 Å². The van der Waals surface area contributed by atoms with Gasteiger partial charge in [0.05, 0.1) is 51.1 Å². The van der Waals surface area contributed by atoms with E-state index in [0.717, 1.165) is 257 Å². The number of phosphoric ester groups is 2. The summed E-state index contributed by atoms with van der Waals surface area (Å²) in [5.41, 5.74) is 0. The number of esters is 4. The lowest BCUT2D eigenvalue weighted by Gasteiger charge is -2.47. The SMILES string of the molecule is CCCCCCCCCCCCCC(=O)O[C@H](CCCCCCCCCCC)CC(=O)NC1[C@@H](OP(=O)(O)OP(=O)(O)O)OC(CO[C@@H]2OC(CO)[C@@H](OP(=O)(O)O)[C@H](OC(=O)C[C@H](O)CCCCCCCCCCC)C2NC(=O)C[C@@H](CCCCCCCCCCC)OC(=O)CCCCCCCCCCCCC)[C@@H](O)[C@@H]1OC(=O)C[C@H](O)CCCCCCCCC. The van der Waals surface area contributed by atoms with Crippen LogP contribution >= 0.6 is 23.5 Å². The van der Waals surface area contributed by atoms with Crippen molar-refractivity contribution in [3.8, 4) is 0 Å². The van der Waals surface area contributed by atoms with E-state index in [0.29, 0.717) is 38.5 Å². The molecule has 0 aromatic heterocycles. The molecule has 2 aliphatic rings. The van der Waals surface area contributed by atoms with Gasteiger partial charge in [-0.3, -0.25) is 37.8 Å². The van der Waals surface area contributed by atoms with Gasteiger partial charge < -0.3 is 88.7 Å². The molecular weight excluding hydrogens is 1700 g/mol. The molecule has 2 aliphatic heterocycles. The lowest BCUT2D eigenvalue weighted by Crippen LogP contribution is -2.68. The Morgan fingerprint density at radius 1 is 0.339 bits per heavy atom. The number of phosphoric acid groups is 3. The van der Waals surface area contributed by atoms with Gasteiger partial charge in [-0.15, -0.1) is 0 Å². The van der Waals surface area contributed by atoms with Gasteiger partial charge in [0.2, 0.25) is 11.8 Å². The fourth-order valence-electron chi connectivity index (χ4n) is 16.7. The Labute approximate surface area is 764 Å². The maximum atomic E-state index is 15.1. The third-order valence-electron chi connectivity index (χ3n) is 24.1. The Morgan fingerprint density at radius 2 is 0.630 bits per heavy atom. The molecule has 11 N–H and O–H groups in total. The van der Waals surface area contributed by atoms with E-state index in [-0.39, 0.29) is 38.5 Å². The summed E-state index contributed by atoms with van der Waals surface area (Å²) in [6, 6.07) is -4.13. The lowest BCUT2D eigenvalue weighted by molar-refractivity contribution is -0.296. The Morgan fingerprint density at radius 3 is 0.945 bits per heavy atom. The van der Waals surface area contributed by atoms with E-state index in [1.54, 1.807) is 0 Å². The van der Waals surface area contributed by atoms with E-state index in [9.17, 15) is 82.6 Å². The van der Waals surface area contributed by atoms with Crippen LogP contribution in [-0.4, -0.2) is 180 Å². The molecule has 748 valence electrons. The molecule has 2 amide bonds. The van der Waals surface area contributed by atoms with Crippen LogP contribution in [0.5, 0.6) is 0 Å². The van der Waals surface area contributed by atoms with Gasteiger partial charge in [-0.1, -0.05) is 375 Å². The Kier molecular flexibility index (Phi) is 71.9. The van der Waals surface area contributed by atoms with Gasteiger partial charge in [-0.2, -0.15) is 4.31 Å². The Hall–Kier alpha value is -3.09. The number of amides is 2. The van der Waals surface area contributed by atoms with Crippen molar-refractivity contribution in [3.63, 3.8) is 0 Å². The predicted molar refractivity (Wildman–Crippen MR) is 491 cm³/mol. The molecule has 0 radical (unpaired) electrons. The van der Waals surface area contributed by atoms with E-state index in [1.165, 1.54) is 64.2 Å². The third-order valence-corrected chi connectivity index (χ3v) is 26.7. The van der Waals surface area contributed by atoms with Gasteiger partial charge in [0.15, 0.2) is 24.8 Å². The summed E-state index contributed by atoms with van der Waals surface area (Å²) in [6.45, 7) is 10.6. The maximum absolute atomic E-state index is 15.1. The number of carbonyl (C=O) groups is 6.